The average Bonchev–Trinajstić information content (AvgIpc) is 2.15. The van der Waals surface area contributed by atoms with Crippen molar-refractivity contribution in [1.29, 1.82) is 0 Å². The monoisotopic (exact) mass is 220 g/mol. The van der Waals surface area contributed by atoms with E-state index >= 15 is 0 Å². The number of phenolic OH excluding ortho intramolecular Hbond substituents is 1. The Bertz CT molecular complexity index is 342. The predicted octanol–water partition coefficient (Wildman–Crippen LogP) is 1.46. The Kier molecular flexibility index (Phi) is 3.57. The highest BCUT2D eigenvalue weighted by atomic mass is 35.5. The first-order valence-corrected chi connectivity index (χ1v) is 4.04. The number of aromatic hydroxyl groups is 1. The van der Waals surface area contributed by atoms with Crippen LogP contribution in [-0.2, 0) is 0 Å². The first-order chi connectivity index (χ1) is 7.29. The molecule has 80 valence electrons. The largest absolute Gasteiger partial charge is 0.508 e. The summed E-state index contributed by atoms with van der Waals surface area (Å²) in [6, 6.07) is 5.40. The maximum atomic E-state index is 9.85. The molecule has 0 radical (unpaired) electrons. The molecule has 0 saturated carbocycles. The van der Waals surface area contributed by atoms with E-state index in [9.17, 15) is 5.11 Å². The summed E-state index contributed by atoms with van der Waals surface area (Å²) in [5.41, 5.74) is 0.557. The highest BCUT2D eigenvalue weighted by Gasteiger charge is 2.13. The van der Waals surface area contributed by atoms with E-state index in [2.05, 4.69) is 5.32 Å². The van der Waals surface area contributed by atoms with Crippen LogP contribution in [-0.4, -0.2) is 23.2 Å². The number of likely N-dealkylation sites (N-methyl/N-ethyl adjacent to an activating group) is 1. The van der Waals surface area contributed by atoms with Crippen molar-refractivity contribution in [3.8, 4) is 5.75 Å². The van der Waals surface area contributed by atoms with Gasteiger partial charge in [0.15, 0.2) is 0 Å². The van der Waals surface area contributed by atoms with Crippen LogP contribution in [0.1, 0.15) is 22.7 Å². The van der Waals surface area contributed by atoms with Gasteiger partial charge in [-0.1, -0.05) is 12.1 Å². The molecular weight excluding hydrogens is 202 g/mol. The molecule has 14 heavy (non-hydrogen) atoms. The molecule has 0 heterocycles. The third-order valence-corrected chi connectivity index (χ3v) is 1.94. The molecule has 0 fully saturated rings. The van der Waals surface area contributed by atoms with Crippen molar-refractivity contribution in [3.63, 3.8) is 0 Å². The van der Waals surface area contributed by atoms with E-state index in [0.717, 1.165) is 0 Å². The SMILES string of the molecule is Cl.[2H]C([2H])([2H])N[C@H](C)[C@@H](O)c1ccc(O)cc1. The van der Waals surface area contributed by atoms with E-state index in [4.69, 9.17) is 9.22 Å². The second-order valence-electron chi connectivity index (χ2n) is 2.97. The number of hydrogen-bond acceptors (Lipinski definition) is 3. The van der Waals surface area contributed by atoms with Gasteiger partial charge in [-0.3, -0.25) is 0 Å². The number of benzene rings is 1. The second kappa shape index (κ2) is 5.86. The van der Waals surface area contributed by atoms with Crippen molar-refractivity contribution in [1.82, 2.24) is 5.32 Å². The molecule has 0 amide bonds. The summed E-state index contributed by atoms with van der Waals surface area (Å²) in [6.45, 7) is -0.693. The zero-order chi connectivity index (χ0) is 12.3. The molecule has 0 aromatic heterocycles. The highest BCUT2D eigenvalue weighted by molar-refractivity contribution is 5.85. The highest BCUT2D eigenvalue weighted by Crippen LogP contribution is 2.19. The molecule has 0 spiro atoms. The van der Waals surface area contributed by atoms with Crippen molar-refractivity contribution in [3.05, 3.63) is 29.8 Å². The van der Waals surface area contributed by atoms with Gasteiger partial charge in [-0.15, -0.1) is 12.4 Å². The number of aliphatic hydroxyl groups is 1. The minimum Gasteiger partial charge on any atom is -0.508 e. The smallest absolute Gasteiger partial charge is 0.115 e. The first-order valence-electron chi connectivity index (χ1n) is 5.54. The molecule has 3 nitrogen and oxygen atoms in total. The lowest BCUT2D eigenvalue weighted by molar-refractivity contribution is 0.140. The summed E-state index contributed by atoms with van der Waals surface area (Å²) >= 11 is 0. The molecular formula is C10H16ClNO2. The Morgan fingerprint density at radius 3 is 2.43 bits per heavy atom. The van der Waals surface area contributed by atoms with Crippen molar-refractivity contribution < 1.29 is 14.3 Å². The minimum absolute atomic E-state index is 0. The number of halogens is 1. The van der Waals surface area contributed by atoms with Gasteiger partial charge in [0.1, 0.15) is 5.75 Å². The lowest BCUT2D eigenvalue weighted by Gasteiger charge is -2.18. The molecule has 1 aromatic rings. The number of aliphatic hydroxyl groups excluding tert-OH is 1. The van der Waals surface area contributed by atoms with Crippen LogP contribution in [0.4, 0.5) is 0 Å². The molecule has 4 heteroatoms. The Hall–Kier alpha value is -0.770. The molecule has 0 aliphatic rings. The van der Waals surface area contributed by atoms with Crippen LogP contribution in [0.3, 0.4) is 0 Å². The van der Waals surface area contributed by atoms with Crippen LogP contribution in [0.15, 0.2) is 24.3 Å². The standard InChI is InChI=1S/C10H15NO2.ClH/c1-7(11-2)10(13)8-3-5-9(12)6-4-8;/h3-7,10-13H,1-2H3;1H/t7-,10-;/m1./s1/i2D3;. The van der Waals surface area contributed by atoms with E-state index < -0.39 is 19.1 Å². The average molecular weight is 221 g/mol. The van der Waals surface area contributed by atoms with E-state index in [-0.39, 0.29) is 18.2 Å². The molecule has 0 saturated heterocycles. The van der Waals surface area contributed by atoms with Crippen LogP contribution in [0.2, 0.25) is 0 Å². The van der Waals surface area contributed by atoms with E-state index in [1.807, 2.05) is 0 Å². The van der Waals surface area contributed by atoms with Gasteiger partial charge in [-0.25, -0.2) is 0 Å². The fourth-order valence-electron chi connectivity index (χ4n) is 1.04. The quantitative estimate of drug-likeness (QED) is 0.723. The third kappa shape index (κ3) is 3.18. The summed E-state index contributed by atoms with van der Waals surface area (Å²) < 4.78 is 21.1. The topological polar surface area (TPSA) is 52.5 Å². The lowest BCUT2D eigenvalue weighted by Crippen LogP contribution is -2.28. The maximum Gasteiger partial charge on any atom is 0.115 e. The van der Waals surface area contributed by atoms with Gasteiger partial charge >= 0.3 is 0 Å². The Morgan fingerprint density at radius 1 is 1.36 bits per heavy atom. The van der Waals surface area contributed by atoms with Gasteiger partial charge in [-0.2, -0.15) is 0 Å². The van der Waals surface area contributed by atoms with Crippen LogP contribution >= 0.6 is 12.4 Å². The van der Waals surface area contributed by atoms with Gasteiger partial charge in [0.2, 0.25) is 0 Å². The Balaban J connectivity index is 0.00000256. The van der Waals surface area contributed by atoms with E-state index in [1.54, 1.807) is 19.1 Å². The van der Waals surface area contributed by atoms with Crippen LogP contribution in [0, 0.1) is 0 Å². The zero-order valence-corrected chi connectivity index (χ0v) is 8.58. The molecule has 0 aliphatic carbocycles. The molecule has 2 atom stereocenters. The summed E-state index contributed by atoms with van der Waals surface area (Å²) in [7, 11) is 0. The Labute approximate surface area is 94.4 Å². The number of hydrogen-bond donors (Lipinski definition) is 3. The molecule has 1 aromatic carbocycles. The molecule has 1 rings (SSSR count). The molecule has 0 unspecified atom stereocenters. The molecule has 0 bridgehead atoms. The summed E-state index contributed by atoms with van der Waals surface area (Å²) in [6.07, 6.45) is -0.930. The molecule has 3 N–H and O–H groups in total. The van der Waals surface area contributed by atoms with Crippen molar-refractivity contribution in [2.24, 2.45) is 0 Å². The number of rotatable bonds is 3. The predicted molar refractivity (Wildman–Crippen MR) is 58.8 cm³/mol. The number of nitrogens with one attached hydrogen (secondary N) is 1. The van der Waals surface area contributed by atoms with E-state index in [1.165, 1.54) is 12.1 Å². The molecule has 0 aliphatic heterocycles. The van der Waals surface area contributed by atoms with Crippen molar-refractivity contribution >= 4 is 12.4 Å². The van der Waals surface area contributed by atoms with Crippen LogP contribution in [0.5, 0.6) is 5.75 Å². The fraction of sp³-hybridized carbons (Fsp3) is 0.400. The maximum absolute atomic E-state index is 9.85. The first kappa shape index (κ1) is 8.53. The van der Waals surface area contributed by atoms with Crippen molar-refractivity contribution in [2.75, 3.05) is 6.98 Å². The van der Waals surface area contributed by atoms with Gasteiger partial charge in [0.05, 0.1) is 6.10 Å². The van der Waals surface area contributed by atoms with Gasteiger partial charge in [0, 0.05) is 10.2 Å². The third-order valence-electron chi connectivity index (χ3n) is 1.94. The lowest BCUT2D eigenvalue weighted by atomic mass is 10.0. The minimum atomic E-state index is -2.28. The summed E-state index contributed by atoms with van der Waals surface area (Å²) in [5, 5.41) is 21.2. The van der Waals surface area contributed by atoms with Gasteiger partial charge in [-0.05, 0) is 31.6 Å². The normalized spacial score (nSPS) is 18.3. The van der Waals surface area contributed by atoms with Crippen LogP contribution < -0.4 is 5.32 Å². The number of phenols is 1. The summed E-state index contributed by atoms with van der Waals surface area (Å²) in [5.74, 6) is 0.104. The van der Waals surface area contributed by atoms with Gasteiger partial charge < -0.3 is 15.5 Å². The second-order valence-corrected chi connectivity index (χ2v) is 2.97. The Morgan fingerprint density at radius 2 is 1.93 bits per heavy atom. The van der Waals surface area contributed by atoms with Gasteiger partial charge in [0.25, 0.3) is 0 Å². The fourth-order valence-corrected chi connectivity index (χ4v) is 1.04. The summed E-state index contributed by atoms with van der Waals surface area (Å²) in [4.78, 5) is 0. The van der Waals surface area contributed by atoms with E-state index in [0.29, 0.717) is 5.56 Å². The van der Waals surface area contributed by atoms with Crippen molar-refractivity contribution in [2.45, 2.75) is 19.1 Å². The zero-order valence-electron chi connectivity index (χ0n) is 10.8. The van der Waals surface area contributed by atoms with Crippen LogP contribution in [0.25, 0.3) is 0 Å².